The summed E-state index contributed by atoms with van der Waals surface area (Å²) >= 11 is 0. The van der Waals surface area contributed by atoms with Crippen LogP contribution in [0.25, 0.3) is 0 Å². The zero-order chi connectivity index (χ0) is 7.56. The van der Waals surface area contributed by atoms with Crippen LogP contribution in [-0.4, -0.2) is 11.1 Å². The molecule has 0 aliphatic heterocycles. The predicted molar refractivity (Wildman–Crippen MR) is 38.7 cm³/mol. The zero-order valence-electron chi connectivity index (χ0n) is 5.97. The summed E-state index contributed by atoms with van der Waals surface area (Å²) < 4.78 is 0. The minimum Gasteiger partial charge on any atom is -0.481 e. The highest BCUT2D eigenvalue weighted by Crippen LogP contribution is 2.27. The molecule has 0 amide bonds. The monoisotopic (exact) mass is 140 g/mol. The molecule has 1 N–H and O–H groups in total. The molecule has 0 aromatic rings. The van der Waals surface area contributed by atoms with Gasteiger partial charge in [-0.05, 0) is 19.3 Å². The van der Waals surface area contributed by atoms with Crippen molar-refractivity contribution in [2.75, 3.05) is 0 Å². The van der Waals surface area contributed by atoms with Gasteiger partial charge in [0.15, 0.2) is 0 Å². The predicted octanol–water partition coefficient (Wildman–Crippen LogP) is 1.82. The average molecular weight is 140 g/mol. The first kappa shape index (κ1) is 7.32. The number of aliphatic carboxylic acids is 1. The normalized spacial score (nSPS) is 26.4. The SMILES string of the molecule is C=C1CCCC[C@H]1C(=O)O. The molecule has 0 aromatic carbocycles. The topological polar surface area (TPSA) is 37.3 Å². The van der Waals surface area contributed by atoms with Gasteiger partial charge in [-0.15, -0.1) is 0 Å². The molecule has 0 aromatic heterocycles. The van der Waals surface area contributed by atoms with Crippen molar-refractivity contribution in [3.05, 3.63) is 12.2 Å². The lowest BCUT2D eigenvalue weighted by Crippen LogP contribution is -2.18. The Bertz CT molecular complexity index is 161. The standard InChI is InChI=1S/C8H12O2/c1-6-4-2-3-5-7(6)8(9)10/h7H,1-5H2,(H,9,10)/t7-/m1/s1. The highest BCUT2D eigenvalue weighted by molar-refractivity contribution is 5.73. The van der Waals surface area contributed by atoms with Crippen molar-refractivity contribution in [3.8, 4) is 0 Å². The molecule has 1 fully saturated rings. The summed E-state index contributed by atoms with van der Waals surface area (Å²) in [4.78, 5) is 10.5. The van der Waals surface area contributed by atoms with E-state index in [9.17, 15) is 4.79 Å². The van der Waals surface area contributed by atoms with E-state index in [1.165, 1.54) is 0 Å². The second kappa shape index (κ2) is 2.86. The summed E-state index contributed by atoms with van der Waals surface area (Å²) in [6.07, 6.45) is 3.84. The van der Waals surface area contributed by atoms with Crippen LogP contribution in [0, 0.1) is 5.92 Å². The van der Waals surface area contributed by atoms with Gasteiger partial charge in [-0.25, -0.2) is 0 Å². The maximum Gasteiger partial charge on any atom is 0.310 e. The number of rotatable bonds is 1. The summed E-state index contributed by atoms with van der Waals surface area (Å²) in [6.45, 7) is 3.74. The number of carbonyl (C=O) groups is 1. The molecule has 1 saturated carbocycles. The van der Waals surface area contributed by atoms with E-state index in [0.717, 1.165) is 31.3 Å². The second-order valence-corrected chi connectivity index (χ2v) is 2.79. The van der Waals surface area contributed by atoms with Crippen LogP contribution < -0.4 is 0 Å². The molecule has 10 heavy (non-hydrogen) atoms. The van der Waals surface area contributed by atoms with Crippen molar-refractivity contribution < 1.29 is 9.90 Å². The maximum absolute atomic E-state index is 10.5. The molecule has 0 radical (unpaired) electrons. The lowest BCUT2D eigenvalue weighted by molar-refractivity contribution is -0.140. The fourth-order valence-corrected chi connectivity index (χ4v) is 1.38. The molecular weight excluding hydrogens is 128 g/mol. The first-order valence-corrected chi connectivity index (χ1v) is 3.62. The van der Waals surface area contributed by atoms with Gasteiger partial charge in [-0.3, -0.25) is 4.79 Å². The Labute approximate surface area is 60.6 Å². The molecule has 56 valence electrons. The molecule has 0 saturated heterocycles. The van der Waals surface area contributed by atoms with Gasteiger partial charge < -0.3 is 5.11 Å². The third-order valence-corrected chi connectivity index (χ3v) is 2.03. The summed E-state index contributed by atoms with van der Waals surface area (Å²) in [5, 5.41) is 8.65. The fraction of sp³-hybridized carbons (Fsp3) is 0.625. The van der Waals surface area contributed by atoms with Gasteiger partial charge in [0, 0.05) is 0 Å². The number of carboxylic acids is 1. The third kappa shape index (κ3) is 1.38. The van der Waals surface area contributed by atoms with Crippen molar-refractivity contribution in [1.29, 1.82) is 0 Å². The van der Waals surface area contributed by atoms with E-state index in [2.05, 4.69) is 6.58 Å². The minimum absolute atomic E-state index is 0.256. The first-order valence-electron chi connectivity index (χ1n) is 3.62. The van der Waals surface area contributed by atoms with Crippen molar-refractivity contribution in [1.82, 2.24) is 0 Å². The maximum atomic E-state index is 10.5. The van der Waals surface area contributed by atoms with Crippen LogP contribution in [0.5, 0.6) is 0 Å². The quantitative estimate of drug-likeness (QED) is 0.564. The lowest BCUT2D eigenvalue weighted by atomic mass is 9.85. The number of hydrogen-bond donors (Lipinski definition) is 1. The van der Waals surface area contributed by atoms with Crippen LogP contribution >= 0.6 is 0 Å². The molecule has 2 heteroatoms. The third-order valence-electron chi connectivity index (χ3n) is 2.03. The van der Waals surface area contributed by atoms with Crippen molar-refractivity contribution in [2.45, 2.75) is 25.7 Å². The van der Waals surface area contributed by atoms with Gasteiger partial charge in [-0.2, -0.15) is 0 Å². The van der Waals surface area contributed by atoms with E-state index in [1.54, 1.807) is 0 Å². The largest absolute Gasteiger partial charge is 0.481 e. The summed E-state index contributed by atoms with van der Waals surface area (Å²) in [5.74, 6) is -0.960. The molecule has 1 aliphatic rings. The van der Waals surface area contributed by atoms with E-state index < -0.39 is 5.97 Å². The van der Waals surface area contributed by atoms with Gasteiger partial charge in [0.05, 0.1) is 5.92 Å². The fourth-order valence-electron chi connectivity index (χ4n) is 1.38. The Morgan fingerprint density at radius 1 is 1.60 bits per heavy atom. The van der Waals surface area contributed by atoms with Crippen LogP contribution in [0.4, 0.5) is 0 Å². The van der Waals surface area contributed by atoms with Crippen LogP contribution in [0.15, 0.2) is 12.2 Å². The number of hydrogen-bond acceptors (Lipinski definition) is 1. The molecule has 2 nitrogen and oxygen atoms in total. The Hall–Kier alpha value is -0.790. The van der Waals surface area contributed by atoms with Crippen LogP contribution in [0.1, 0.15) is 25.7 Å². The number of carboxylic acid groups (broad SMARTS) is 1. The van der Waals surface area contributed by atoms with Crippen LogP contribution in [-0.2, 0) is 4.79 Å². The van der Waals surface area contributed by atoms with E-state index >= 15 is 0 Å². The lowest BCUT2D eigenvalue weighted by Gasteiger charge is -2.19. The Morgan fingerprint density at radius 2 is 2.30 bits per heavy atom. The van der Waals surface area contributed by atoms with Crippen molar-refractivity contribution in [2.24, 2.45) is 5.92 Å². The minimum atomic E-state index is -0.704. The second-order valence-electron chi connectivity index (χ2n) is 2.79. The molecule has 0 bridgehead atoms. The smallest absolute Gasteiger partial charge is 0.310 e. The molecule has 1 atom stereocenters. The van der Waals surface area contributed by atoms with E-state index in [0.29, 0.717) is 0 Å². The summed E-state index contributed by atoms with van der Waals surface area (Å²) in [6, 6.07) is 0. The van der Waals surface area contributed by atoms with E-state index in [4.69, 9.17) is 5.11 Å². The Kier molecular flexibility index (Phi) is 2.10. The van der Waals surface area contributed by atoms with E-state index in [1.807, 2.05) is 0 Å². The molecule has 0 heterocycles. The summed E-state index contributed by atoms with van der Waals surface area (Å²) in [7, 11) is 0. The average Bonchev–Trinajstić information content (AvgIpc) is 1.88. The Morgan fingerprint density at radius 3 is 2.70 bits per heavy atom. The van der Waals surface area contributed by atoms with Crippen LogP contribution in [0.2, 0.25) is 0 Å². The van der Waals surface area contributed by atoms with Crippen molar-refractivity contribution in [3.63, 3.8) is 0 Å². The van der Waals surface area contributed by atoms with Gasteiger partial charge in [0.25, 0.3) is 0 Å². The van der Waals surface area contributed by atoms with Crippen LogP contribution in [0.3, 0.4) is 0 Å². The molecular formula is C8H12O2. The zero-order valence-corrected chi connectivity index (χ0v) is 5.97. The first-order chi connectivity index (χ1) is 4.72. The molecule has 1 rings (SSSR count). The van der Waals surface area contributed by atoms with E-state index in [-0.39, 0.29) is 5.92 Å². The van der Waals surface area contributed by atoms with Gasteiger partial charge >= 0.3 is 5.97 Å². The van der Waals surface area contributed by atoms with Gasteiger partial charge in [0.2, 0.25) is 0 Å². The van der Waals surface area contributed by atoms with Gasteiger partial charge in [-0.1, -0.05) is 18.6 Å². The molecule has 1 aliphatic carbocycles. The van der Waals surface area contributed by atoms with Crippen molar-refractivity contribution >= 4 is 5.97 Å². The highest BCUT2D eigenvalue weighted by atomic mass is 16.4. The molecule has 0 spiro atoms. The molecule has 0 unspecified atom stereocenters. The van der Waals surface area contributed by atoms with Gasteiger partial charge in [0.1, 0.15) is 0 Å². The Balaban J connectivity index is 2.56. The highest BCUT2D eigenvalue weighted by Gasteiger charge is 2.23. The summed E-state index contributed by atoms with van der Waals surface area (Å²) in [5.41, 5.74) is 0.902.